The number of nitrogens with one attached hydrogen (secondary N) is 2. The zero-order valence-corrected chi connectivity index (χ0v) is 18.2. The molecular formula is C23H23N5O3S. The summed E-state index contributed by atoms with van der Waals surface area (Å²) in [7, 11) is 0. The SMILES string of the molecule is O=C1NC(=O)C(=Cc2ccnc(N3CCC(CNCc4ccc5occc5c4)CC3)n2)S1. The molecule has 0 atom stereocenters. The van der Waals surface area contributed by atoms with Crippen molar-refractivity contribution in [3.05, 3.63) is 59.0 Å². The second-order valence-electron chi connectivity index (χ2n) is 7.99. The summed E-state index contributed by atoms with van der Waals surface area (Å²) in [6.45, 7) is 3.60. The van der Waals surface area contributed by atoms with Gasteiger partial charge in [-0.1, -0.05) is 6.07 Å². The Bertz CT molecular complexity index is 1180. The maximum Gasteiger partial charge on any atom is 0.290 e. The zero-order chi connectivity index (χ0) is 21.9. The Morgan fingerprint density at radius 2 is 2.09 bits per heavy atom. The molecule has 9 heteroatoms. The Morgan fingerprint density at radius 1 is 1.22 bits per heavy atom. The maximum atomic E-state index is 11.7. The van der Waals surface area contributed by atoms with Crippen molar-refractivity contribution in [2.24, 2.45) is 5.92 Å². The van der Waals surface area contributed by atoms with Gasteiger partial charge < -0.3 is 14.6 Å². The monoisotopic (exact) mass is 449 g/mol. The zero-order valence-electron chi connectivity index (χ0n) is 17.4. The number of amides is 2. The Balaban J connectivity index is 1.12. The summed E-state index contributed by atoms with van der Waals surface area (Å²) in [6, 6.07) is 10.0. The van der Waals surface area contributed by atoms with E-state index in [4.69, 9.17) is 4.42 Å². The number of furan rings is 1. The lowest BCUT2D eigenvalue weighted by molar-refractivity contribution is -0.115. The first kappa shape index (κ1) is 20.7. The Labute approximate surface area is 189 Å². The molecule has 164 valence electrons. The van der Waals surface area contributed by atoms with E-state index < -0.39 is 0 Å². The highest BCUT2D eigenvalue weighted by atomic mass is 32.2. The van der Waals surface area contributed by atoms with Crippen molar-refractivity contribution < 1.29 is 14.0 Å². The molecule has 0 spiro atoms. The summed E-state index contributed by atoms with van der Waals surface area (Å²) >= 11 is 0.893. The lowest BCUT2D eigenvalue weighted by Gasteiger charge is -2.32. The minimum atomic E-state index is -0.377. The van der Waals surface area contributed by atoms with E-state index in [9.17, 15) is 9.59 Å². The average molecular weight is 450 g/mol. The first-order chi connectivity index (χ1) is 15.6. The molecule has 1 aromatic carbocycles. The maximum absolute atomic E-state index is 11.7. The standard InChI is InChI=1S/C23H23N5O3S/c29-21-20(32-23(30)27-21)12-18-3-7-25-22(26-18)28-8-4-15(5-9-28)13-24-14-16-1-2-19-17(11-16)6-10-31-19/h1-3,6-7,10-12,15,24H,4-5,8-9,13-14H2,(H,27,29,30). The van der Waals surface area contributed by atoms with Crippen LogP contribution in [0.25, 0.3) is 17.0 Å². The van der Waals surface area contributed by atoms with E-state index in [1.54, 1.807) is 24.6 Å². The smallest absolute Gasteiger partial charge is 0.290 e. The van der Waals surface area contributed by atoms with Gasteiger partial charge in [0.05, 0.1) is 16.9 Å². The quantitative estimate of drug-likeness (QED) is 0.551. The van der Waals surface area contributed by atoms with E-state index >= 15 is 0 Å². The van der Waals surface area contributed by atoms with Gasteiger partial charge in [0.2, 0.25) is 5.95 Å². The predicted molar refractivity (Wildman–Crippen MR) is 124 cm³/mol. The van der Waals surface area contributed by atoms with Crippen LogP contribution >= 0.6 is 11.8 Å². The fourth-order valence-electron chi connectivity index (χ4n) is 4.03. The minimum Gasteiger partial charge on any atom is -0.464 e. The van der Waals surface area contributed by atoms with Crippen molar-refractivity contribution in [1.82, 2.24) is 20.6 Å². The molecule has 2 aromatic heterocycles. The largest absolute Gasteiger partial charge is 0.464 e. The van der Waals surface area contributed by atoms with Gasteiger partial charge >= 0.3 is 0 Å². The van der Waals surface area contributed by atoms with Gasteiger partial charge in [-0.15, -0.1) is 0 Å². The van der Waals surface area contributed by atoms with E-state index in [2.05, 4.69) is 37.6 Å². The van der Waals surface area contributed by atoms with Crippen LogP contribution in [0.1, 0.15) is 24.1 Å². The second-order valence-corrected chi connectivity index (χ2v) is 9.00. The lowest BCUT2D eigenvalue weighted by atomic mass is 9.97. The Morgan fingerprint density at radius 3 is 2.91 bits per heavy atom. The van der Waals surface area contributed by atoms with Crippen molar-refractivity contribution in [2.75, 3.05) is 24.5 Å². The fraction of sp³-hybridized carbons (Fsp3) is 0.304. The number of benzene rings is 1. The molecule has 0 radical (unpaired) electrons. The van der Waals surface area contributed by atoms with Crippen molar-refractivity contribution >= 4 is 45.9 Å². The van der Waals surface area contributed by atoms with Crippen molar-refractivity contribution in [3.63, 3.8) is 0 Å². The molecule has 8 nitrogen and oxygen atoms in total. The van der Waals surface area contributed by atoms with Crippen LogP contribution in [0.2, 0.25) is 0 Å². The van der Waals surface area contributed by atoms with Gasteiger partial charge in [0, 0.05) is 31.2 Å². The predicted octanol–water partition coefficient (Wildman–Crippen LogP) is 3.55. The van der Waals surface area contributed by atoms with Crippen LogP contribution in [-0.2, 0) is 11.3 Å². The number of carbonyl (C=O) groups excluding carboxylic acids is 2. The molecule has 5 rings (SSSR count). The number of nitrogens with zero attached hydrogens (tertiary/aromatic N) is 3. The fourth-order valence-corrected chi connectivity index (χ4v) is 4.70. The van der Waals surface area contributed by atoms with Gasteiger partial charge in [-0.05, 0) is 73.0 Å². The molecule has 3 aromatic rings. The summed E-state index contributed by atoms with van der Waals surface area (Å²) in [5.74, 6) is 0.894. The number of hydrogen-bond donors (Lipinski definition) is 2. The first-order valence-electron chi connectivity index (χ1n) is 10.6. The highest BCUT2D eigenvalue weighted by Gasteiger charge is 2.25. The number of fused-ring (bicyclic) bond motifs is 1. The summed E-state index contributed by atoms with van der Waals surface area (Å²) in [5, 5.41) is 6.62. The van der Waals surface area contributed by atoms with Crippen molar-refractivity contribution in [2.45, 2.75) is 19.4 Å². The van der Waals surface area contributed by atoms with Gasteiger partial charge in [0.1, 0.15) is 5.58 Å². The molecule has 32 heavy (non-hydrogen) atoms. The third-order valence-corrected chi connectivity index (χ3v) is 6.57. The number of carbonyl (C=O) groups is 2. The van der Waals surface area contributed by atoms with Crippen LogP contribution in [0.3, 0.4) is 0 Å². The van der Waals surface area contributed by atoms with Crippen LogP contribution in [0, 0.1) is 5.92 Å². The number of piperidine rings is 1. The minimum absolute atomic E-state index is 0.353. The molecule has 2 amide bonds. The van der Waals surface area contributed by atoms with Crippen LogP contribution in [0.4, 0.5) is 10.7 Å². The second kappa shape index (κ2) is 9.13. The molecule has 2 aliphatic rings. The van der Waals surface area contributed by atoms with Crippen molar-refractivity contribution in [1.29, 1.82) is 0 Å². The Hall–Kier alpha value is -3.17. The molecule has 0 aliphatic carbocycles. The molecule has 2 fully saturated rings. The number of aromatic nitrogens is 2. The Kier molecular flexibility index (Phi) is 5.91. The van der Waals surface area contributed by atoms with Gasteiger partial charge in [0.15, 0.2) is 0 Å². The van der Waals surface area contributed by atoms with E-state index in [1.807, 2.05) is 12.1 Å². The molecule has 0 bridgehead atoms. The molecule has 0 unspecified atom stereocenters. The van der Waals surface area contributed by atoms with Crippen LogP contribution < -0.4 is 15.5 Å². The lowest BCUT2D eigenvalue weighted by Crippen LogP contribution is -2.38. The summed E-state index contributed by atoms with van der Waals surface area (Å²) in [4.78, 5) is 34.6. The summed E-state index contributed by atoms with van der Waals surface area (Å²) in [5.41, 5.74) is 2.80. The normalized spacial score (nSPS) is 18.6. The first-order valence-corrected chi connectivity index (χ1v) is 11.5. The van der Waals surface area contributed by atoms with E-state index in [0.717, 1.165) is 61.8 Å². The highest BCUT2D eigenvalue weighted by molar-refractivity contribution is 8.18. The molecule has 2 aliphatic heterocycles. The molecule has 4 heterocycles. The van der Waals surface area contributed by atoms with E-state index in [-0.39, 0.29) is 11.1 Å². The molecule has 0 saturated carbocycles. The van der Waals surface area contributed by atoms with Crippen LogP contribution in [0.15, 0.2) is 52.1 Å². The number of thioether (sulfide) groups is 1. The number of rotatable bonds is 6. The molecule has 2 saturated heterocycles. The van der Waals surface area contributed by atoms with Crippen LogP contribution in [0.5, 0.6) is 0 Å². The molecular weight excluding hydrogens is 426 g/mol. The molecule has 2 N–H and O–H groups in total. The van der Waals surface area contributed by atoms with Crippen LogP contribution in [-0.4, -0.2) is 40.7 Å². The van der Waals surface area contributed by atoms with Gasteiger partial charge in [-0.3, -0.25) is 14.9 Å². The topological polar surface area (TPSA) is 100 Å². The van der Waals surface area contributed by atoms with E-state index in [1.165, 1.54) is 5.56 Å². The number of hydrogen-bond acceptors (Lipinski definition) is 8. The van der Waals surface area contributed by atoms with Crippen molar-refractivity contribution in [3.8, 4) is 0 Å². The van der Waals surface area contributed by atoms with E-state index in [0.29, 0.717) is 22.5 Å². The van der Waals surface area contributed by atoms with Gasteiger partial charge in [-0.2, -0.15) is 0 Å². The number of imide groups is 1. The van der Waals surface area contributed by atoms with Gasteiger partial charge in [0.25, 0.3) is 11.1 Å². The third kappa shape index (κ3) is 4.68. The highest BCUT2D eigenvalue weighted by Crippen LogP contribution is 2.26. The van der Waals surface area contributed by atoms with Gasteiger partial charge in [-0.25, -0.2) is 9.97 Å². The summed E-state index contributed by atoms with van der Waals surface area (Å²) < 4.78 is 5.40. The summed E-state index contributed by atoms with van der Waals surface area (Å²) in [6.07, 6.45) is 7.17. The number of anilines is 1. The average Bonchev–Trinajstić information content (AvgIpc) is 3.39. The third-order valence-electron chi connectivity index (χ3n) is 5.76.